The lowest BCUT2D eigenvalue weighted by atomic mass is 9.69. The first-order valence-corrected chi connectivity index (χ1v) is 17.2. The van der Waals surface area contributed by atoms with E-state index in [0.717, 1.165) is 77.0 Å². The molecule has 0 aliphatic carbocycles. The van der Waals surface area contributed by atoms with Crippen LogP contribution in [-0.4, -0.2) is 37.7 Å². The van der Waals surface area contributed by atoms with Crippen molar-refractivity contribution < 1.29 is 28.6 Å². The van der Waals surface area contributed by atoms with Crippen LogP contribution in [0.4, 0.5) is 0 Å². The highest BCUT2D eigenvalue weighted by molar-refractivity contribution is 5.77. The minimum absolute atomic E-state index is 0.0653. The van der Waals surface area contributed by atoms with Crippen LogP contribution in [-0.2, 0) is 28.6 Å². The van der Waals surface area contributed by atoms with Gasteiger partial charge in [-0.15, -0.1) is 0 Å². The fourth-order valence-corrected chi connectivity index (χ4v) is 5.89. The van der Waals surface area contributed by atoms with Crippen molar-refractivity contribution in [2.24, 2.45) is 27.6 Å². The monoisotopic (exact) mass is 597 g/mol. The summed E-state index contributed by atoms with van der Waals surface area (Å²) in [4.78, 5) is 39.8. The molecule has 0 saturated carbocycles. The van der Waals surface area contributed by atoms with Gasteiger partial charge in [-0.05, 0) is 51.4 Å². The molecule has 0 N–H and O–H groups in total. The second-order valence-electron chi connectivity index (χ2n) is 14.3. The van der Waals surface area contributed by atoms with E-state index < -0.39 is 16.2 Å². The number of carbonyl (C=O) groups is 3. The maximum absolute atomic E-state index is 13.8. The summed E-state index contributed by atoms with van der Waals surface area (Å²) in [6.07, 6.45) is 12.0. The Labute approximate surface area is 259 Å². The lowest BCUT2D eigenvalue weighted by Gasteiger charge is -2.38. The molecular weight excluding hydrogens is 528 g/mol. The topological polar surface area (TPSA) is 78.9 Å². The minimum Gasteiger partial charge on any atom is -0.465 e. The van der Waals surface area contributed by atoms with Crippen molar-refractivity contribution in [1.29, 1.82) is 0 Å². The Morgan fingerprint density at radius 1 is 0.571 bits per heavy atom. The summed E-state index contributed by atoms with van der Waals surface area (Å²) >= 11 is 0. The number of hydrogen-bond acceptors (Lipinski definition) is 6. The summed E-state index contributed by atoms with van der Waals surface area (Å²) in [6, 6.07) is 0. The summed E-state index contributed by atoms with van der Waals surface area (Å²) in [5, 5.41) is 0. The molecule has 0 aromatic carbocycles. The van der Waals surface area contributed by atoms with Crippen molar-refractivity contribution >= 4 is 17.9 Å². The molecule has 0 aromatic heterocycles. The van der Waals surface area contributed by atoms with Gasteiger partial charge >= 0.3 is 17.9 Å². The Kier molecular flexibility index (Phi) is 18.9. The molecule has 6 nitrogen and oxygen atoms in total. The van der Waals surface area contributed by atoms with Crippen LogP contribution < -0.4 is 0 Å². The highest BCUT2D eigenvalue weighted by Crippen LogP contribution is 2.43. The number of esters is 3. The predicted molar refractivity (Wildman–Crippen MR) is 173 cm³/mol. The van der Waals surface area contributed by atoms with Gasteiger partial charge in [0.2, 0.25) is 0 Å². The van der Waals surface area contributed by atoms with Gasteiger partial charge in [0.1, 0.15) is 0 Å². The fourth-order valence-electron chi connectivity index (χ4n) is 5.89. The van der Waals surface area contributed by atoms with Gasteiger partial charge in [-0.25, -0.2) is 0 Å². The summed E-state index contributed by atoms with van der Waals surface area (Å²) in [5.41, 5.74) is -1.99. The van der Waals surface area contributed by atoms with Crippen LogP contribution in [0.5, 0.6) is 0 Å². The average molecular weight is 597 g/mol. The third-order valence-electron chi connectivity index (χ3n) is 9.26. The second kappa shape index (κ2) is 19.6. The molecule has 42 heavy (non-hydrogen) atoms. The van der Waals surface area contributed by atoms with E-state index in [0.29, 0.717) is 12.8 Å². The second-order valence-corrected chi connectivity index (χ2v) is 14.3. The Morgan fingerprint density at radius 3 is 1.43 bits per heavy atom. The molecule has 0 rings (SSSR count). The molecule has 0 aliphatic heterocycles. The van der Waals surface area contributed by atoms with Gasteiger partial charge in [0.15, 0.2) is 0 Å². The Morgan fingerprint density at radius 2 is 1.00 bits per heavy atom. The van der Waals surface area contributed by atoms with Gasteiger partial charge in [0.25, 0.3) is 0 Å². The van der Waals surface area contributed by atoms with Gasteiger partial charge in [-0.1, -0.05) is 115 Å². The molecule has 2 atom stereocenters. The normalized spacial score (nSPS) is 14.6. The molecule has 0 saturated heterocycles. The number of ether oxygens (including phenoxy) is 3. The third-order valence-corrected chi connectivity index (χ3v) is 9.26. The molecule has 0 bridgehead atoms. The Hall–Kier alpha value is -1.59. The average Bonchev–Trinajstić information content (AvgIpc) is 2.97. The van der Waals surface area contributed by atoms with Crippen LogP contribution in [0.3, 0.4) is 0 Å². The maximum atomic E-state index is 13.8. The summed E-state index contributed by atoms with van der Waals surface area (Å²) in [7, 11) is 0. The quantitative estimate of drug-likeness (QED) is 0.0815. The van der Waals surface area contributed by atoms with E-state index in [9.17, 15) is 14.4 Å². The van der Waals surface area contributed by atoms with Crippen LogP contribution in [0.15, 0.2) is 0 Å². The maximum Gasteiger partial charge on any atom is 0.312 e. The summed E-state index contributed by atoms with van der Waals surface area (Å²) in [5.74, 6) is -0.531. The molecule has 0 radical (unpaired) electrons. The number of hydrogen-bond donors (Lipinski definition) is 0. The highest BCUT2D eigenvalue weighted by Gasteiger charge is 2.44. The van der Waals surface area contributed by atoms with Crippen LogP contribution >= 0.6 is 0 Å². The lowest BCUT2D eigenvalue weighted by Crippen LogP contribution is -2.41. The Balaban J connectivity index is 5.49. The first-order chi connectivity index (χ1) is 19.7. The van der Waals surface area contributed by atoms with Crippen LogP contribution in [0.2, 0.25) is 0 Å². The zero-order valence-electron chi connectivity index (χ0n) is 29.5. The summed E-state index contributed by atoms with van der Waals surface area (Å²) < 4.78 is 17.7. The van der Waals surface area contributed by atoms with Gasteiger partial charge in [-0.2, -0.15) is 0 Å². The van der Waals surface area contributed by atoms with E-state index in [-0.39, 0.29) is 49.1 Å². The number of unbranched alkanes of at least 4 members (excludes halogenated alkanes) is 3. The third kappa shape index (κ3) is 13.4. The van der Waals surface area contributed by atoms with E-state index in [1.807, 2.05) is 20.8 Å². The molecule has 248 valence electrons. The number of rotatable bonds is 24. The van der Waals surface area contributed by atoms with E-state index in [2.05, 4.69) is 55.4 Å². The molecule has 0 fully saturated rings. The smallest absolute Gasteiger partial charge is 0.312 e. The van der Waals surface area contributed by atoms with Crippen LogP contribution in [0, 0.1) is 27.6 Å². The van der Waals surface area contributed by atoms with Crippen molar-refractivity contribution in [2.45, 2.75) is 166 Å². The van der Waals surface area contributed by atoms with E-state index >= 15 is 0 Å². The number of carbonyl (C=O) groups excluding carboxylic acids is 3. The molecule has 0 amide bonds. The van der Waals surface area contributed by atoms with Gasteiger partial charge in [-0.3, -0.25) is 14.4 Å². The largest absolute Gasteiger partial charge is 0.465 e. The van der Waals surface area contributed by atoms with Gasteiger partial charge < -0.3 is 14.2 Å². The molecule has 0 aliphatic rings. The molecule has 0 aromatic rings. The molecule has 0 heterocycles. The van der Waals surface area contributed by atoms with E-state index in [1.54, 1.807) is 0 Å². The minimum atomic E-state index is -0.662. The van der Waals surface area contributed by atoms with Crippen molar-refractivity contribution in [2.75, 3.05) is 19.8 Å². The first-order valence-electron chi connectivity index (χ1n) is 17.2. The van der Waals surface area contributed by atoms with Crippen molar-refractivity contribution in [3.8, 4) is 0 Å². The fraction of sp³-hybridized carbons (Fsp3) is 0.917. The SMILES string of the molecule is CCCCC(CC)C(=O)OCC(C)(C)CC(CC)(CCCC)C(=O)OCC(C)(C)COC(=O)C(CC)(CC)CCCC. The molecular formula is C36H68O6. The van der Waals surface area contributed by atoms with Crippen molar-refractivity contribution in [3.63, 3.8) is 0 Å². The standard InChI is InChI=1S/C36H68O6/c1-12-19-22-29(15-4)30(37)40-26-33(8,9)25-36(18-7,24-21-14-3)32(39)42-28-34(10,11)27-41-31(38)35(16-5,17-6)23-20-13-2/h29H,12-28H2,1-11H3. The zero-order valence-corrected chi connectivity index (χ0v) is 29.5. The molecule has 6 heteroatoms. The zero-order chi connectivity index (χ0) is 32.5. The first kappa shape index (κ1) is 40.4. The summed E-state index contributed by atoms with van der Waals surface area (Å²) in [6.45, 7) is 23.4. The highest BCUT2D eigenvalue weighted by atomic mass is 16.6. The van der Waals surface area contributed by atoms with Crippen LogP contribution in [0.25, 0.3) is 0 Å². The molecule has 2 unspecified atom stereocenters. The lowest BCUT2D eigenvalue weighted by molar-refractivity contribution is -0.168. The van der Waals surface area contributed by atoms with Crippen molar-refractivity contribution in [3.05, 3.63) is 0 Å². The molecule has 0 spiro atoms. The Bertz CT molecular complexity index is 782. The van der Waals surface area contributed by atoms with E-state index in [1.165, 1.54) is 0 Å². The van der Waals surface area contributed by atoms with E-state index in [4.69, 9.17) is 14.2 Å². The van der Waals surface area contributed by atoms with Gasteiger partial charge in [0.05, 0.1) is 36.6 Å². The van der Waals surface area contributed by atoms with Gasteiger partial charge in [0, 0.05) is 10.8 Å². The predicted octanol–water partition coefficient (Wildman–Crippen LogP) is 9.86. The van der Waals surface area contributed by atoms with Crippen LogP contribution in [0.1, 0.15) is 166 Å². The van der Waals surface area contributed by atoms with Crippen molar-refractivity contribution in [1.82, 2.24) is 0 Å².